The lowest BCUT2D eigenvalue weighted by Crippen LogP contribution is -2.14. The van der Waals surface area contributed by atoms with Crippen molar-refractivity contribution in [2.75, 3.05) is 4.72 Å². The van der Waals surface area contributed by atoms with E-state index in [9.17, 15) is 13.2 Å². The van der Waals surface area contributed by atoms with E-state index in [1.165, 1.54) is 30.3 Å². The van der Waals surface area contributed by atoms with Crippen LogP contribution < -0.4 is 4.72 Å². The number of sulfonamides is 1. The van der Waals surface area contributed by atoms with Gasteiger partial charge < -0.3 is 4.42 Å². The predicted molar refractivity (Wildman–Crippen MR) is 87.4 cm³/mol. The van der Waals surface area contributed by atoms with E-state index >= 15 is 0 Å². The van der Waals surface area contributed by atoms with Crippen LogP contribution in [-0.2, 0) is 10.0 Å². The third-order valence-corrected chi connectivity index (χ3v) is 4.64. The Balaban J connectivity index is 1.83. The van der Waals surface area contributed by atoms with Crippen LogP contribution in [0.15, 0.2) is 57.8 Å². The summed E-state index contributed by atoms with van der Waals surface area (Å²) in [5.41, 5.74) is 0.647. The Morgan fingerprint density at radius 2 is 1.75 bits per heavy atom. The monoisotopic (exact) mass is 363 g/mol. The standard InChI is InChI=1S/C15H10ClN3O4S/c16-14-7-8-15(18-17-14)19-24(21,22)12-4-1-10(2-5-12)13-6-3-11(9-20)23-13/h1-9H,(H,18,19). The summed E-state index contributed by atoms with van der Waals surface area (Å²) >= 11 is 5.61. The van der Waals surface area contributed by atoms with E-state index in [-0.39, 0.29) is 21.6 Å². The van der Waals surface area contributed by atoms with Gasteiger partial charge in [-0.15, -0.1) is 10.2 Å². The summed E-state index contributed by atoms with van der Waals surface area (Å²) < 4.78 is 32.2. The van der Waals surface area contributed by atoms with Crippen molar-refractivity contribution in [3.63, 3.8) is 0 Å². The zero-order valence-electron chi connectivity index (χ0n) is 12.0. The Morgan fingerprint density at radius 3 is 2.33 bits per heavy atom. The van der Waals surface area contributed by atoms with Gasteiger partial charge >= 0.3 is 0 Å². The van der Waals surface area contributed by atoms with Gasteiger partial charge in [-0.05, 0) is 48.5 Å². The SMILES string of the molecule is O=Cc1ccc(-c2ccc(S(=O)(=O)Nc3ccc(Cl)nn3)cc2)o1. The fourth-order valence-electron chi connectivity index (χ4n) is 1.94. The van der Waals surface area contributed by atoms with Gasteiger partial charge in [0.15, 0.2) is 23.0 Å². The van der Waals surface area contributed by atoms with Gasteiger partial charge in [-0.1, -0.05) is 11.6 Å². The second kappa shape index (κ2) is 6.42. The van der Waals surface area contributed by atoms with Crippen molar-refractivity contribution in [3.8, 4) is 11.3 Å². The number of hydrogen-bond donors (Lipinski definition) is 1. The molecule has 9 heteroatoms. The molecule has 0 amide bonds. The highest BCUT2D eigenvalue weighted by atomic mass is 35.5. The molecule has 3 aromatic rings. The number of benzene rings is 1. The molecule has 2 heterocycles. The van der Waals surface area contributed by atoms with Crippen LogP contribution in [0.4, 0.5) is 5.82 Å². The molecule has 0 atom stereocenters. The molecule has 0 fully saturated rings. The molecule has 0 radical (unpaired) electrons. The van der Waals surface area contributed by atoms with Crippen LogP contribution in [-0.4, -0.2) is 24.9 Å². The smallest absolute Gasteiger partial charge is 0.263 e. The molecule has 0 aliphatic rings. The molecule has 7 nitrogen and oxygen atoms in total. The van der Waals surface area contributed by atoms with Crippen LogP contribution in [0.3, 0.4) is 0 Å². The van der Waals surface area contributed by atoms with E-state index in [4.69, 9.17) is 16.0 Å². The van der Waals surface area contributed by atoms with Crippen LogP contribution in [0.2, 0.25) is 5.15 Å². The number of rotatable bonds is 5. The van der Waals surface area contributed by atoms with E-state index < -0.39 is 10.0 Å². The number of nitrogens with zero attached hydrogens (tertiary/aromatic N) is 2. The van der Waals surface area contributed by atoms with Crippen LogP contribution >= 0.6 is 11.6 Å². The van der Waals surface area contributed by atoms with Gasteiger partial charge in [0, 0.05) is 5.56 Å². The highest BCUT2D eigenvalue weighted by Crippen LogP contribution is 2.24. The molecule has 1 aromatic carbocycles. The molecule has 24 heavy (non-hydrogen) atoms. The molecule has 0 spiro atoms. The fraction of sp³-hybridized carbons (Fsp3) is 0. The van der Waals surface area contributed by atoms with Crippen LogP contribution in [0.25, 0.3) is 11.3 Å². The summed E-state index contributed by atoms with van der Waals surface area (Å²) in [5, 5.41) is 7.38. The number of halogens is 1. The van der Waals surface area contributed by atoms with Crippen LogP contribution in [0.1, 0.15) is 10.6 Å². The first kappa shape index (κ1) is 16.2. The first-order valence-corrected chi connectivity index (χ1v) is 8.51. The molecule has 0 saturated carbocycles. The lowest BCUT2D eigenvalue weighted by molar-refractivity contribution is 0.110. The summed E-state index contributed by atoms with van der Waals surface area (Å²) in [5.74, 6) is 0.729. The maximum Gasteiger partial charge on any atom is 0.263 e. The minimum atomic E-state index is -3.81. The molecule has 2 aromatic heterocycles. The van der Waals surface area contributed by atoms with Crippen molar-refractivity contribution in [1.29, 1.82) is 0 Å². The number of nitrogens with one attached hydrogen (secondary N) is 1. The maximum atomic E-state index is 12.3. The number of anilines is 1. The highest BCUT2D eigenvalue weighted by Gasteiger charge is 2.15. The van der Waals surface area contributed by atoms with Gasteiger partial charge in [-0.2, -0.15) is 0 Å². The molecule has 122 valence electrons. The van der Waals surface area contributed by atoms with Crippen molar-refractivity contribution in [2.24, 2.45) is 0 Å². The number of aromatic nitrogens is 2. The molecule has 0 unspecified atom stereocenters. The molecule has 0 bridgehead atoms. The third kappa shape index (κ3) is 3.44. The number of hydrogen-bond acceptors (Lipinski definition) is 6. The molecular formula is C15H10ClN3O4S. The number of carbonyl (C=O) groups excluding carboxylic acids is 1. The molecule has 0 aliphatic heterocycles. The normalized spacial score (nSPS) is 11.2. The van der Waals surface area contributed by atoms with E-state index in [2.05, 4.69) is 14.9 Å². The zero-order valence-corrected chi connectivity index (χ0v) is 13.6. The Bertz CT molecular complexity index is 967. The van der Waals surface area contributed by atoms with Crippen molar-refractivity contribution >= 4 is 33.7 Å². The Hall–Kier alpha value is -2.71. The molecule has 3 rings (SSSR count). The highest BCUT2D eigenvalue weighted by molar-refractivity contribution is 7.92. The van der Waals surface area contributed by atoms with Gasteiger partial charge in [0.05, 0.1) is 4.90 Å². The molecule has 1 N–H and O–H groups in total. The minimum absolute atomic E-state index is 0.0465. The van der Waals surface area contributed by atoms with Gasteiger partial charge in [-0.3, -0.25) is 9.52 Å². The topological polar surface area (TPSA) is 102 Å². The van der Waals surface area contributed by atoms with Gasteiger partial charge in [0.1, 0.15) is 5.76 Å². The van der Waals surface area contributed by atoms with Gasteiger partial charge in [0.25, 0.3) is 10.0 Å². The van der Waals surface area contributed by atoms with Crippen LogP contribution in [0, 0.1) is 0 Å². The molecule has 0 saturated heterocycles. The minimum Gasteiger partial charge on any atom is -0.453 e. The Morgan fingerprint density at radius 1 is 1.00 bits per heavy atom. The summed E-state index contributed by atoms with van der Waals surface area (Å²) in [4.78, 5) is 10.7. The molecule has 0 aliphatic carbocycles. The summed E-state index contributed by atoms with van der Waals surface area (Å²) in [6.07, 6.45) is 0.597. The predicted octanol–water partition coefficient (Wildman–Crippen LogP) is 3.00. The number of furan rings is 1. The average Bonchev–Trinajstić information content (AvgIpc) is 3.06. The quantitative estimate of drug-likeness (QED) is 0.699. The van der Waals surface area contributed by atoms with E-state index in [0.717, 1.165) is 0 Å². The average molecular weight is 364 g/mol. The van der Waals surface area contributed by atoms with Gasteiger partial charge in [-0.25, -0.2) is 8.42 Å². The second-order valence-electron chi connectivity index (χ2n) is 4.69. The lowest BCUT2D eigenvalue weighted by Gasteiger charge is -2.07. The van der Waals surface area contributed by atoms with Crippen molar-refractivity contribution in [1.82, 2.24) is 10.2 Å². The number of carbonyl (C=O) groups is 1. The van der Waals surface area contributed by atoms with Crippen LogP contribution in [0.5, 0.6) is 0 Å². The summed E-state index contributed by atoms with van der Waals surface area (Å²) in [6.45, 7) is 0. The van der Waals surface area contributed by atoms with E-state index in [0.29, 0.717) is 17.6 Å². The van der Waals surface area contributed by atoms with Crippen molar-refractivity contribution in [2.45, 2.75) is 4.90 Å². The summed E-state index contributed by atoms with van der Waals surface area (Å²) in [7, 11) is -3.81. The second-order valence-corrected chi connectivity index (χ2v) is 6.76. The fourth-order valence-corrected chi connectivity index (χ4v) is 3.03. The first-order chi connectivity index (χ1) is 11.5. The van der Waals surface area contributed by atoms with Crippen molar-refractivity contribution in [3.05, 3.63) is 59.4 Å². The largest absolute Gasteiger partial charge is 0.453 e. The first-order valence-electron chi connectivity index (χ1n) is 6.65. The third-order valence-electron chi connectivity index (χ3n) is 3.06. The maximum absolute atomic E-state index is 12.3. The zero-order chi connectivity index (χ0) is 17.2. The Kier molecular flexibility index (Phi) is 4.32. The van der Waals surface area contributed by atoms with E-state index in [1.807, 2.05) is 0 Å². The van der Waals surface area contributed by atoms with E-state index in [1.54, 1.807) is 18.2 Å². The summed E-state index contributed by atoms with van der Waals surface area (Å²) in [6, 6.07) is 12.0. The molecular weight excluding hydrogens is 354 g/mol. The van der Waals surface area contributed by atoms with Crippen molar-refractivity contribution < 1.29 is 17.6 Å². The Labute approximate surface area is 142 Å². The lowest BCUT2D eigenvalue weighted by atomic mass is 10.2. The number of aldehydes is 1. The van der Waals surface area contributed by atoms with Gasteiger partial charge in [0.2, 0.25) is 0 Å².